The first-order valence-corrected chi connectivity index (χ1v) is 11.1. The number of esters is 1. The fourth-order valence-corrected chi connectivity index (χ4v) is 4.43. The van der Waals surface area contributed by atoms with Crippen LogP contribution < -0.4 is 4.90 Å². The summed E-state index contributed by atoms with van der Waals surface area (Å²) in [6.07, 6.45) is 2.91. The van der Waals surface area contributed by atoms with Crippen LogP contribution in [0.3, 0.4) is 0 Å². The summed E-state index contributed by atoms with van der Waals surface area (Å²) in [5.41, 5.74) is 3.70. The minimum Gasteiger partial charge on any atom is -0.465 e. The summed E-state index contributed by atoms with van der Waals surface area (Å²) in [6, 6.07) is 15.3. The van der Waals surface area contributed by atoms with Crippen LogP contribution in [-0.2, 0) is 14.3 Å². The van der Waals surface area contributed by atoms with Crippen molar-refractivity contribution in [1.82, 2.24) is 9.55 Å². The van der Waals surface area contributed by atoms with Crippen molar-refractivity contribution in [3.05, 3.63) is 59.7 Å². The molecular weight excluding hydrogens is 390 g/mol. The predicted molar refractivity (Wildman–Crippen MR) is 121 cm³/mol. The molecule has 1 aliphatic heterocycles. The zero-order valence-electron chi connectivity index (χ0n) is 18.4. The van der Waals surface area contributed by atoms with Gasteiger partial charge in [0.15, 0.2) is 5.92 Å². The van der Waals surface area contributed by atoms with Crippen LogP contribution in [-0.4, -0.2) is 34.6 Å². The second-order valence-corrected chi connectivity index (χ2v) is 8.06. The monoisotopic (exact) mass is 419 g/mol. The van der Waals surface area contributed by atoms with E-state index in [0.29, 0.717) is 12.5 Å². The zero-order valence-corrected chi connectivity index (χ0v) is 18.4. The quantitative estimate of drug-likeness (QED) is 0.318. The number of amides is 1. The molecule has 0 spiro atoms. The number of aromatic nitrogens is 2. The van der Waals surface area contributed by atoms with Gasteiger partial charge >= 0.3 is 5.97 Å². The van der Waals surface area contributed by atoms with E-state index in [1.807, 2.05) is 55.5 Å². The number of nitrogens with zero attached hydrogens (tertiary/aromatic N) is 3. The highest BCUT2D eigenvalue weighted by Gasteiger charge is 2.47. The van der Waals surface area contributed by atoms with Crippen molar-refractivity contribution in [3.63, 3.8) is 0 Å². The summed E-state index contributed by atoms with van der Waals surface area (Å²) >= 11 is 0. The highest BCUT2D eigenvalue weighted by atomic mass is 16.5. The maximum absolute atomic E-state index is 13.7. The lowest BCUT2D eigenvalue weighted by molar-refractivity contribution is -0.153. The summed E-state index contributed by atoms with van der Waals surface area (Å²) in [5, 5.41) is 0. The number of anilines is 1. The SMILES string of the molecule is CCCCCN1C(=O)[C@@H](C(=O)OCC)[C@@H](c2cccc(C)c2)n2c1nc1ccccc12. The topological polar surface area (TPSA) is 64.4 Å². The third-order valence-corrected chi connectivity index (χ3v) is 5.85. The number of aryl methyl sites for hydroxylation is 1. The molecule has 1 amide bonds. The van der Waals surface area contributed by atoms with Gasteiger partial charge in [-0.1, -0.05) is 61.7 Å². The van der Waals surface area contributed by atoms with Gasteiger partial charge in [0, 0.05) is 6.54 Å². The second-order valence-electron chi connectivity index (χ2n) is 8.06. The summed E-state index contributed by atoms with van der Waals surface area (Å²) in [7, 11) is 0. The molecule has 0 bridgehead atoms. The van der Waals surface area contributed by atoms with E-state index >= 15 is 0 Å². The molecule has 1 aromatic heterocycles. The number of unbranched alkanes of at least 4 members (excludes halogenated alkanes) is 2. The van der Waals surface area contributed by atoms with Gasteiger partial charge in [0.2, 0.25) is 11.9 Å². The van der Waals surface area contributed by atoms with E-state index in [1.54, 1.807) is 11.8 Å². The standard InChI is InChI=1S/C25H29N3O3/c1-4-6-9-15-27-23(29)21(24(30)31-5-2)22(18-12-10-11-17(3)16-18)28-20-14-8-7-13-19(20)26-25(27)28/h7-8,10-14,16,21-22H,4-6,9,15H2,1-3H3/t21-,22+/m0/s1. The van der Waals surface area contributed by atoms with Gasteiger partial charge in [0.05, 0.1) is 23.7 Å². The molecule has 2 heterocycles. The molecule has 0 unspecified atom stereocenters. The average Bonchev–Trinajstić information content (AvgIpc) is 3.14. The Labute approximate surface area is 182 Å². The Bertz CT molecular complexity index is 1100. The molecule has 1 aliphatic rings. The molecule has 0 fully saturated rings. The normalized spacial score (nSPS) is 18.3. The minimum absolute atomic E-state index is 0.233. The highest BCUT2D eigenvalue weighted by Crippen LogP contribution is 2.41. The first kappa shape index (κ1) is 21.1. The lowest BCUT2D eigenvalue weighted by Crippen LogP contribution is -2.50. The summed E-state index contributed by atoms with van der Waals surface area (Å²) in [6.45, 7) is 6.67. The number of hydrogen-bond donors (Lipinski definition) is 0. The van der Waals surface area contributed by atoms with Crippen LogP contribution in [0.1, 0.15) is 50.3 Å². The summed E-state index contributed by atoms with van der Waals surface area (Å²) in [4.78, 5) is 33.3. The van der Waals surface area contributed by atoms with Gasteiger partial charge in [0.25, 0.3) is 0 Å². The molecule has 0 saturated heterocycles. The predicted octanol–water partition coefficient (Wildman–Crippen LogP) is 4.65. The number of ether oxygens (including phenoxy) is 1. The van der Waals surface area contributed by atoms with Crippen LogP contribution in [0.15, 0.2) is 48.5 Å². The average molecular weight is 420 g/mol. The molecule has 0 N–H and O–H groups in total. The third-order valence-electron chi connectivity index (χ3n) is 5.85. The first-order valence-electron chi connectivity index (χ1n) is 11.1. The van der Waals surface area contributed by atoms with Crippen molar-refractivity contribution in [2.24, 2.45) is 5.92 Å². The zero-order chi connectivity index (χ0) is 22.0. The van der Waals surface area contributed by atoms with Crippen molar-refractivity contribution in [2.75, 3.05) is 18.1 Å². The molecule has 6 nitrogen and oxygen atoms in total. The summed E-state index contributed by atoms with van der Waals surface area (Å²) < 4.78 is 7.45. The van der Waals surface area contributed by atoms with Crippen LogP contribution in [0.2, 0.25) is 0 Å². The van der Waals surface area contributed by atoms with Gasteiger partial charge in [-0.2, -0.15) is 0 Å². The van der Waals surface area contributed by atoms with Gasteiger partial charge in [-0.05, 0) is 38.0 Å². The molecule has 0 saturated carbocycles. The number of rotatable bonds is 7. The third kappa shape index (κ3) is 3.82. The number of benzene rings is 2. The van der Waals surface area contributed by atoms with Crippen LogP contribution in [0, 0.1) is 12.8 Å². The second kappa shape index (κ2) is 8.92. The molecule has 4 rings (SSSR count). The molecule has 6 heteroatoms. The van der Waals surface area contributed by atoms with E-state index in [4.69, 9.17) is 9.72 Å². The molecular formula is C25H29N3O3. The maximum Gasteiger partial charge on any atom is 0.321 e. The van der Waals surface area contributed by atoms with E-state index in [1.165, 1.54) is 0 Å². The Morgan fingerprint density at radius 2 is 1.90 bits per heavy atom. The Kier molecular flexibility index (Phi) is 6.07. The lowest BCUT2D eigenvalue weighted by Gasteiger charge is -2.38. The maximum atomic E-state index is 13.7. The van der Waals surface area contributed by atoms with Gasteiger partial charge in [0.1, 0.15) is 0 Å². The van der Waals surface area contributed by atoms with Crippen LogP contribution in [0.5, 0.6) is 0 Å². The van der Waals surface area contributed by atoms with Gasteiger partial charge < -0.3 is 9.30 Å². The summed E-state index contributed by atoms with van der Waals surface area (Å²) in [5.74, 6) is -1.06. The number of carbonyl (C=O) groups excluding carboxylic acids is 2. The molecule has 0 radical (unpaired) electrons. The van der Waals surface area contributed by atoms with Gasteiger partial charge in [-0.3, -0.25) is 14.5 Å². The molecule has 2 atom stereocenters. The van der Waals surface area contributed by atoms with Crippen LogP contribution in [0.25, 0.3) is 11.0 Å². The fourth-order valence-electron chi connectivity index (χ4n) is 4.43. The largest absolute Gasteiger partial charge is 0.465 e. The smallest absolute Gasteiger partial charge is 0.321 e. The number of para-hydroxylation sites is 2. The van der Waals surface area contributed by atoms with Crippen molar-refractivity contribution in [3.8, 4) is 0 Å². The molecule has 31 heavy (non-hydrogen) atoms. The first-order chi connectivity index (χ1) is 15.1. The van der Waals surface area contributed by atoms with Crippen molar-refractivity contribution in [2.45, 2.75) is 46.1 Å². The number of imidazole rings is 1. The fraction of sp³-hybridized carbons (Fsp3) is 0.400. The van der Waals surface area contributed by atoms with Crippen molar-refractivity contribution < 1.29 is 14.3 Å². The molecule has 3 aromatic rings. The minimum atomic E-state index is -0.950. The van der Waals surface area contributed by atoms with Crippen molar-refractivity contribution in [1.29, 1.82) is 0 Å². The Morgan fingerprint density at radius 1 is 1.10 bits per heavy atom. The van der Waals surface area contributed by atoms with E-state index in [0.717, 1.165) is 41.4 Å². The van der Waals surface area contributed by atoms with E-state index in [-0.39, 0.29) is 12.5 Å². The van der Waals surface area contributed by atoms with Crippen LogP contribution in [0.4, 0.5) is 5.95 Å². The van der Waals surface area contributed by atoms with Crippen molar-refractivity contribution >= 4 is 28.9 Å². The highest BCUT2D eigenvalue weighted by molar-refractivity contribution is 6.08. The lowest BCUT2D eigenvalue weighted by atomic mass is 9.88. The van der Waals surface area contributed by atoms with E-state index in [9.17, 15) is 9.59 Å². The Morgan fingerprint density at radius 3 is 2.65 bits per heavy atom. The number of carbonyl (C=O) groups is 2. The van der Waals surface area contributed by atoms with Crippen LogP contribution >= 0.6 is 0 Å². The Balaban J connectivity index is 1.94. The molecule has 0 aliphatic carbocycles. The Hall–Kier alpha value is -3.15. The van der Waals surface area contributed by atoms with E-state index in [2.05, 4.69) is 11.5 Å². The van der Waals surface area contributed by atoms with E-state index < -0.39 is 17.9 Å². The number of fused-ring (bicyclic) bond motifs is 3. The van der Waals surface area contributed by atoms with Gasteiger partial charge in [-0.15, -0.1) is 0 Å². The molecule has 2 aromatic carbocycles. The number of hydrogen-bond acceptors (Lipinski definition) is 4. The van der Waals surface area contributed by atoms with Gasteiger partial charge in [-0.25, -0.2) is 4.98 Å². The molecule has 162 valence electrons.